The van der Waals surface area contributed by atoms with Gasteiger partial charge < -0.3 is 124 Å². The zero-order valence-corrected chi connectivity index (χ0v) is 62.5. The van der Waals surface area contributed by atoms with Gasteiger partial charge in [0, 0.05) is 43.0 Å². The number of nitrogens with two attached hydrogens (primary N) is 7. The molecule has 0 spiro atoms. The van der Waals surface area contributed by atoms with E-state index in [9.17, 15) is 77.6 Å². The number of H-pyrrole nitrogens is 1. The molecule has 0 fully saturated rings. The van der Waals surface area contributed by atoms with Gasteiger partial charge in [-0.1, -0.05) is 76.2 Å². The van der Waals surface area contributed by atoms with Crippen molar-refractivity contribution in [1.29, 1.82) is 0 Å². The van der Waals surface area contributed by atoms with E-state index in [1.54, 1.807) is 88.5 Å². The summed E-state index contributed by atoms with van der Waals surface area (Å²) in [6.07, 6.45) is -0.710. The molecule has 0 saturated heterocycles. The van der Waals surface area contributed by atoms with Crippen molar-refractivity contribution in [3.8, 4) is 0 Å². The molecule has 0 bridgehead atoms. The van der Waals surface area contributed by atoms with Crippen LogP contribution in [0.5, 0.6) is 0 Å². The predicted molar refractivity (Wildman–Crippen MR) is 402 cm³/mol. The molecule has 600 valence electrons. The molecule has 108 heavy (non-hydrogen) atoms. The maximum Gasteiger partial charge on any atom is 0.326 e. The number of aliphatic imine (C=N–C) groups is 2. The number of fused-ring (bicyclic) bond motifs is 1. The SMILES string of the molecule is CC(C)C[C@H](NC(=O)[C@@H](NC(=O)[C@H](Cc1c[nH]c2ccccc12)NC(=O)[C@@H](NC(=O)[C@H](CCCN=C(N)N)NC(=O)CNC(=O)[C@H](CCCCN)NC(=O)[C@@H](NC(=O)[C@H](CCCN=C(N)N)NC(=O)[C@H](CCCCN)NC(=O)[C@H](C)NC(=O)[C@H](Cc1ccccc1)NC(=O)CN)C(C)C)[C@@H](C)O)[C@@H](C)O)C(=O)O. The summed E-state index contributed by atoms with van der Waals surface area (Å²) in [6, 6.07) is -0.277. The Kier molecular flexibility index (Phi) is 40.6. The van der Waals surface area contributed by atoms with Gasteiger partial charge in [0.15, 0.2) is 11.9 Å². The van der Waals surface area contributed by atoms with Crippen LogP contribution in [0.4, 0.5) is 0 Å². The normalized spacial score (nSPS) is 14.8. The van der Waals surface area contributed by atoms with E-state index in [2.05, 4.69) is 78.8 Å². The van der Waals surface area contributed by atoms with Gasteiger partial charge in [-0.15, -0.1) is 0 Å². The third kappa shape index (κ3) is 33.1. The zero-order chi connectivity index (χ0) is 80.7. The molecule has 2 aromatic carbocycles. The van der Waals surface area contributed by atoms with Crippen LogP contribution in [0.1, 0.15) is 130 Å². The minimum absolute atomic E-state index is 0.00509. The van der Waals surface area contributed by atoms with E-state index in [1.807, 2.05) is 0 Å². The average Bonchev–Trinajstić information content (AvgIpc) is 1.54. The second-order valence-electron chi connectivity index (χ2n) is 27.1. The number of unbranched alkanes of at least 4 members (excludes halogenated alkanes) is 2. The van der Waals surface area contributed by atoms with Crippen molar-refractivity contribution >= 4 is 99.7 Å². The summed E-state index contributed by atoms with van der Waals surface area (Å²) in [5, 5.41) is 62.8. The third-order valence-corrected chi connectivity index (χ3v) is 17.1. The lowest BCUT2D eigenvalue weighted by atomic mass is 10.0. The van der Waals surface area contributed by atoms with Crippen LogP contribution in [0.25, 0.3) is 10.9 Å². The van der Waals surface area contributed by atoms with Gasteiger partial charge in [0.25, 0.3) is 0 Å². The summed E-state index contributed by atoms with van der Waals surface area (Å²) in [6.45, 7) is 9.52. The largest absolute Gasteiger partial charge is 0.480 e. The van der Waals surface area contributed by atoms with Crippen LogP contribution in [0.2, 0.25) is 0 Å². The van der Waals surface area contributed by atoms with Crippen LogP contribution in [-0.2, 0) is 75.2 Å². The molecule has 0 unspecified atom stereocenters. The second kappa shape index (κ2) is 47.9. The summed E-state index contributed by atoms with van der Waals surface area (Å²) >= 11 is 0. The van der Waals surface area contributed by atoms with Crippen molar-refractivity contribution in [3.63, 3.8) is 0 Å². The molecule has 3 aromatic rings. The maximum atomic E-state index is 14.5. The van der Waals surface area contributed by atoms with Gasteiger partial charge in [-0.25, -0.2) is 4.79 Å². The summed E-state index contributed by atoms with van der Waals surface area (Å²) in [5.74, 6) is -13.6. The van der Waals surface area contributed by atoms with Crippen LogP contribution in [0.15, 0.2) is 70.8 Å². The fourth-order valence-electron chi connectivity index (χ4n) is 11.2. The van der Waals surface area contributed by atoms with Crippen molar-refractivity contribution in [3.05, 3.63) is 71.9 Å². The lowest BCUT2D eigenvalue weighted by Gasteiger charge is -2.29. The van der Waals surface area contributed by atoms with E-state index < -0.39 is 175 Å². The van der Waals surface area contributed by atoms with Crippen LogP contribution in [-0.4, -0.2) is 227 Å². The van der Waals surface area contributed by atoms with E-state index in [-0.39, 0.29) is 108 Å². The van der Waals surface area contributed by atoms with Crippen molar-refractivity contribution in [2.75, 3.05) is 39.3 Å². The number of amides is 12. The standard InChI is InChI=1S/C70H114N22O16/c1-37(2)31-52(68(107)108)89-67(106)57(41(7)94)92-64(103)51(33-43-35-80-45-22-12-11-21-44(43)45)88-66(105)56(40(6)93)91-61(100)47(25-17-29-78-69(74)75)83-54(96)36-81-59(98)46(23-13-15-27-71)87-65(104)55(38(3)4)90-62(101)49(26-18-30-79-70(76)77)86-60(99)48(24-14-16-28-72)85-58(97)39(5)82-63(102)50(84-53(95)34-73)32-42-19-9-8-10-20-42/h8-12,19-22,35,37-41,46-52,55-57,80,93-94H,13-18,23-34,36,71-73H2,1-7H3,(H,81,98)(H,82,102)(H,83,96)(H,84,95)(H,85,97)(H,86,99)(H,87,104)(H,88,105)(H,89,106)(H,90,101)(H,91,100)(H,92,103)(H,107,108)(H4,74,75,78)(H4,76,77,79)/t39-,40+,41+,46-,47-,48-,49-,50-,51-,52-,55-,56-,57-/m0/s1. The number of guanidine groups is 2. The number of carboxylic acid groups (broad SMARTS) is 1. The van der Waals surface area contributed by atoms with Crippen LogP contribution in [0.3, 0.4) is 0 Å². The molecule has 0 aliphatic rings. The molecule has 38 nitrogen and oxygen atoms in total. The van der Waals surface area contributed by atoms with E-state index >= 15 is 0 Å². The number of aromatic nitrogens is 1. The molecule has 3 rings (SSSR count). The van der Waals surface area contributed by atoms with E-state index in [1.165, 1.54) is 13.8 Å². The minimum Gasteiger partial charge on any atom is -0.480 e. The molecule has 0 radical (unpaired) electrons. The molecular formula is C70H114N22O16. The molecule has 0 saturated carbocycles. The number of aliphatic hydroxyl groups excluding tert-OH is 2. The predicted octanol–water partition coefficient (Wildman–Crippen LogP) is -5.71. The van der Waals surface area contributed by atoms with E-state index in [0.717, 1.165) is 6.92 Å². The first kappa shape index (κ1) is 91.6. The summed E-state index contributed by atoms with van der Waals surface area (Å²) in [4.78, 5) is 191. The fraction of sp³-hybridized carbons (Fsp3) is 0.586. The maximum absolute atomic E-state index is 14.5. The summed E-state index contributed by atoms with van der Waals surface area (Å²) in [5.41, 5.74) is 41.2. The number of carbonyl (C=O) groups is 13. The molecular weight excluding hydrogens is 1400 g/mol. The quantitative estimate of drug-likeness (QED) is 0.0142. The number of aromatic amines is 1. The Hall–Kier alpha value is -10.6. The van der Waals surface area contributed by atoms with Gasteiger partial charge in [0.1, 0.15) is 66.5 Å². The number of carboxylic acids is 1. The lowest BCUT2D eigenvalue weighted by Crippen LogP contribution is -2.62. The first-order valence-electron chi connectivity index (χ1n) is 36.1. The molecule has 0 aliphatic heterocycles. The van der Waals surface area contributed by atoms with Crippen LogP contribution in [0, 0.1) is 11.8 Å². The van der Waals surface area contributed by atoms with Gasteiger partial charge in [0.2, 0.25) is 70.9 Å². The van der Waals surface area contributed by atoms with Gasteiger partial charge >= 0.3 is 5.97 Å². The fourth-order valence-corrected chi connectivity index (χ4v) is 11.2. The summed E-state index contributed by atoms with van der Waals surface area (Å²) in [7, 11) is 0. The van der Waals surface area contributed by atoms with Crippen LogP contribution >= 0.6 is 0 Å². The van der Waals surface area contributed by atoms with Crippen molar-refractivity contribution in [2.45, 2.75) is 211 Å². The van der Waals surface area contributed by atoms with Crippen LogP contribution < -0.4 is 104 Å². The number of rotatable bonds is 50. The zero-order valence-electron chi connectivity index (χ0n) is 62.5. The van der Waals surface area contributed by atoms with E-state index in [4.69, 9.17) is 40.1 Å². The first-order chi connectivity index (χ1) is 51.1. The summed E-state index contributed by atoms with van der Waals surface area (Å²) < 4.78 is 0. The molecule has 12 amide bonds. The van der Waals surface area contributed by atoms with Crippen molar-refractivity contribution in [2.24, 2.45) is 62.0 Å². The topological polar surface area (TPSA) is 650 Å². The van der Waals surface area contributed by atoms with Gasteiger partial charge in [-0.2, -0.15) is 0 Å². The Morgan fingerprint density at radius 1 is 0.435 bits per heavy atom. The number of aliphatic hydroxyl groups is 2. The van der Waals surface area contributed by atoms with Gasteiger partial charge in [-0.3, -0.25) is 67.5 Å². The number of carbonyl (C=O) groups excluding carboxylic acids is 12. The second-order valence-corrected chi connectivity index (χ2v) is 27.1. The number of aliphatic carboxylic acids is 1. The number of hydrogen-bond acceptors (Lipinski definition) is 20. The molecule has 1 heterocycles. The lowest BCUT2D eigenvalue weighted by molar-refractivity contribution is -0.143. The van der Waals surface area contributed by atoms with Crippen molar-refractivity contribution in [1.82, 2.24) is 68.8 Å². The number of nitrogens with one attached hydrogen (secondary N) is 13. The highest BCUT2D eigenvalue weighted by Crippen LogP contribution is 2.20. The Morgan fingerprint density at radius 3 is 1.35 bits per heavy atom. The van der Waals surface area contributed by atoms with Gasteiger partial charge in [0.05, 0.1) is 25.3 Å². The Balaban J connectivity index is 1.89. The smallest absolute Gasteiger partial charge is 0.326 e. The van der Waals surface area contributed by atoms with Crippen molar-refractivity contribution < 1.29 is 77.6 Å². The molecule has 30 N–H and O–H groups in total. The highest BCUT2D eigenvalue weighted by molar-refractivity contribution is 6.00. The van der Waals surface area contributed by atoms with E-state index in [0.29, 0.717) is 41.3 Å². The number of benzene rings is 2. The Bertz CT molecular complexity index is 3510. The Morgan fingerprint density at radius 2 is 0.852 bits per heavy atom. The average molecular weight is 1520 g/mol. The molecule has 0 aliphatic carbocycles. The van der Waals surface area contributed by atoms with Gasteiger partial charge in [-0.05, 0) is 134 Å². The Labute approximate surface area is 627 Å². The number of para-hydroxylation sites is 1. The third-order valence-electron chi connectivity index (χ3n) is 17.1. The molecule has 13 atom stereocenters. The number of hydrogen-bond donors (Lipinski definition) is 23. The highest BCUT2D eigenvalue weighted by atomic mass is 16.4. The molecule has 1 aromatic heterocycles. The first-order valence-corrected chi connectivity index (χ1v) is 36.1. The number of nitrogens with zero attached hydrogens (tertiary/aromatic N) is 2. The molecule has 38 heteroatoms. The minimum atomic E-state index is -1.86. The monoisotopic (exact) mass is 1520 g/mol. The highest BCUT2D eigenvalue weighted by Gasteiger charge is 2.38.